The largest absolute Gasteiger partial charge is 0.496 e. The van der Waals surface area contributed by atoms with Gasteiger partial charge in [-0.2, -0.15) is 0 Å². The lowest BCUT2D eigenvalue weighted by atomic mass is 9.94. The van der Waals surface area contributed by atoms with Crippen LogP contribution in [-0.4, -0.2) is 30.3 Å². The molecule has 0 aliphatic carbocycles. The van der Waals surface area contributed by atoms with Crippen LogP contribution in [0.4, 0.5) is 0 Å². The van der Waals surface area contributed by atoms with Crippen LogP contribution in [0.15, 0.2) is 18.2 Å². The predicted octanol–water partition coefficient (Wildman–Crippen LogP) is 2.28. The Labute approximate surface area is 114 Å². The van der Waals surface area contributed by atoms with Gasteiger partial charge in [0.1, 0.15) is 5.75 Å². The van der Waals surface area contributed by atoms with Gasteiger partial charge in [-0.3, -0.25) is 4.79 Å². The molecular formula is C15H23NO3. The number of aliphatic hydroxyl groups excluding tert-OH is 1. The Hall–Kier alpha value is -1.55. The third kappa shape index (κ3) is 3.96. The summed E-state index contributed by atoms with van der Waals surface area (Å²) in [5.74, 6) is 0.559. The third-order valence-electron chi connectivity index (χ3n) is 3.53. The maximum Gasteiger partial charge on any atom is 0.251 e. The molecule has 19 heavy (non-hydrogen) atoms. The van der Waals surface area contributed by atoms with Crippen molar-refractivity contribution in [2.45, 2.75) is 39.2 Å². The van der Waals surface area contributed by atoms with E-state index in [-0.39, 0.29) is 18.1 Å². The van der Waals surface area contributed by atoms with Crippen LogP contribution in [0.3, 0.4) is 0 Å². The van der Waals surface area contributed by atoms with Gasteiger partial charge in [0, 0.05) is 17.7 Å². The second-order valence-electron chi connectivity index (χ2n) is 5.03. The number of carbonyl (C=O) groups excluding carboxylic acids is 1. The van der Waals surface area contributed by atoms with Gasteiger partial charge >= 0.3 is 0 Å². The fourth-order valence-electron chi connectivity index (χ4n) is 1.88. The van der Waals surface area contributed by atoms with Crippen LogP contribution < -0.4 is 10.1 Å². The minimum Gasteiger partial charge on any atom is -0.496 e. The normalized spacial score (nSPS) is 13.7. The highest BCUT2D eigenvalue weighted by atomic mass is 16.5. The molecule has 0 bridgehead atoms. The van der Waals surface area contributed by atoms with E-state index in [1.54, 1.807) is 19.2 Å². The van der Waals surface area contributed by atoms with E-state index in [4.69, 9.17) is 9.84 Å². The van der Waals surface area contributed by atoms with E-state index in [0.717, 1.165) is 12.0 Å². The van der Waals surface area contributed by atoms with Gasteiger partial charge in [0.2, 0.25) is 0 Å². The molecule has 0 fully saturated rings. The monoisotopic (exact) mass is 265 g/mol. The first kappa shape index (κ1) is 15.5. The molecular weight excluding hydrogens is 242 g/mol. The number of rotatable bonds is 6. The van der Waals surface area contributed by atoms with Crippen molar-refractivity contribution in [2.75, 3.05) is 13.7 Å². The molecule has 1 rings (SSSR count). The minimum absolute atomic E-state index is 0.0574. The van der Waals surface area contributed by atoms with Crippen LogP contribution in [0.2, 0.25) is 0 Å². The van der Waals surface area contributed by atoms with Crippen molar-refractivity contribution >= 4 is 5.91 Å². The van der Waals surface area contributed by atoms with Crippen LogP contribution in [0, 0.1) is 6.92 Å². The van der Waals surface area contributed by atoms with Crippen LogP contribution in [0.25, 0.3) is 0 Å². The lowest BCUT2D eigenvalue weighted by Gasteiger charge is -2.29. The molecule has 1 atom stereocenters. The highest BCUT2D eigenvalue weighted by Gasteiger charge is 2.24. The molecule has 106 valence electrons. The Balaban J connectivity index is 2.88. The molecule has 4 nitrogen and oxygen atoms in total. The summed E-state index contributed by atoms with van der Waals surface area (Å²) in [5.41, 5.74) is 1.18. The van der Waals surface area contributed by atoms with Crippen LogP contribution >= 0.6 is 0 Å². The Morgan fingerprint density at radius 1 is 1.47 bits per heavy atom. The van der Waals surface area contributed by atoms with E-state index < -0.39 is 0 Å². The summed E-state index contributed by atoms with van der Waals surface area (Å²) in [6.45, 7) is 5.92. The first-order valence-corrected chi connectivity index (χ1v) is 6.53. The number of aryl methyl sites for hydroxylation is 1. The zero-order valence-corrected chi connectivity index (χ0v) is 12.1. The summed E-state index contributed by atoms with van der Waals surface area (Å²) in [7, 11) is 1.59. The average molecular weight is 265 g/mol. The molecule has 1 aromatic carbocycles. The fraction of sp³-hybridized carbons (Fsp3) is 0.533. The predicted molar refractivity (Wildman–Crippen MR) is 75.6 cm³/mol. The van der Waals surface area contributed by atoms with E-state index in [9.17, 15) is 4.79 Å². The Bertz CT molecular complexity index is 445. The second kappa shape index (κ2) is 6.57. The zero-order valence-electron chi connectivity index (χ0n) is 12.1. The lowest BCUT2D eigenvalue weighted by Crippen LogP contribution is -2.46. The molecule has 0 spiro atoms. The molecule has 0 radical (unpaired) electrons. The van der Waals surface area contributed by atoms with Crippen molar-refractivity contribution in [3.8, 4) is 5.75 Å². The summed E-state index contributed by atoms with van der Waals surface area (Å²) in [4.78, 5) is 12.2. The number of amides is 1. The van der Waals surface area contributed by atoms with E-state index in [1.165, 1.54) is 0 Å². The van der Waals surface area contributed by atoms with Gasteiger partial charge in [-0.1, -0.05) is 13.0 Å². The van der Waals surface area contributed by atoms with Gasteiger partial charge in [0.15, 0.2) is 0 Å². The molecule has 0 aliphatic rings. The first-order valence-electron chi connectivity index (χ1n) is 6.53. The van der Waals surface area contributed by atoms with E-state index in [1.807, 2.05) is 26.8 Å². The molecule has 0 aromatic heterocycles. The fourth-order valence-corrected chi connectivity index (χ4v) is 1.88. The molecule has 0 aliphatic heterocycles. The minimum atomic E-state index is -0.385. The van der Waals surface area contributed by atoms with Crippen molar-refractivity contribution in [1.82, 2.24) is 5.32 Å². The summed E-state index contributed by atoms with van der Waals surface area (Å²) in [6.07, 6.45) is 1.31. The summed E-state index contributed by atoms with van der Waals surface area (Å²) < 4.78 is 5.22. The topological polar surface area (TPSA) is 58.6 Å². The number of nitrogens with one attached hydrogen (secondary N) is 1. The maximum atomic E-state index is 12.2. The third-order valence-corrected chi connectivity index (χ3v) is 3.53. The van der Waals surface area contributed by atoms with Crippen molar-refractivity contribution in [3.05, 3.63) is 29.3 Å². The Kier molecular flexibility index (Phi) is 5.36. The van der Waals surface area contributed by atoms with Crippen molar-refractivity contribution in [2.24, 2.45) is 0 Å². The smallest absolute Gasteiger partial charge is 0.251 e. The number of methoxy groups -OCH3 is 1. The van der Waals surface area contributed by atoms with Gasteiger partial charge < -0.3 is 15.2 Å². The number of hydrogen-bond acceptors (Lipinski definition) is 3. The van der Waals surface area contributed by atoms with E-state index >= 15 is 0 Å². The van der Waals surface area contributed by atoms with E-state index in [2.05, 4.69) is 5.32 Å². The molecule has 0 saturated carbocycles. The van der Waals surface area contributed by atoms with Crippen molar-refractivity contribution < 1.29 is 14.6 Å². The quantitative estimate of drug-likeness (QED) is 0.829. The molecule has 1 unspecified atom stereocenters. The van der Waals surface area contributed by atoms with Crippen LogP contribution in [0.5, 0.6) is 5.75 Å². The number of hydrogen-bond donors (Lipinski definition) is 2. The molecule has 2 N–H and O–H groups in total. The SMILES string of the molecule is CCC(C)(CCO)NC(=O)c1ccc(C)c(OC)c1. The van der Waals surface area contributed by atoms with Crippen LogP contribution in [-0.2, 0) is 0 Å². The number of carbonyl (C=O) groups is 1. The highest BCUT2D eigenvalue weighted by Crippen LogP contribution is 2.20. The molecule has 0 saturated heterocycles. The second-order valence-corrected chi connectivity index (χ2v) is 5.03. The highest BCUT2D eigenvalue weighted by molar-refractivity contribution is 5.95. The summed E-state index contributed by atoms with van der Waals surface area (Å²) in [5, 5.41) is 12.0. The lowest BCUT2D eigenvalue weighted by molar-refractivity contribution is 0.0886. The zero-order chi connectivity index (χ0) is 14.5. The van der Waals surface area contributed by atoms with Crippen LogP contribution in [0.1, 0.15) is 42.6 Å². The van der Waals surface area contributed by atoms with Gasteiger partial charge in [-0.25, -0.2) is 0 Å². The van der Waals surface area contributed by atoms with Gasteiger partial charge in [-0.15, -0.1) is 0 Å². The molecule has 1 amide bonds. The molecule has 0 heterocycles. The van der Waals surface area contributed by atoms with Crippen molar-refractivity contribution in [1.29, 1.82) is 0 Å². The van der Waals surface area contributed by atoms with Gasteiger partial charge in [0.05, 0.1) is 7.11 Å². The summed E-state index contributed by atoms with van der Waals surface area (Å²) in [6, 6.07) is 5.38. The van der Waals surface area contributed by atoms with Gasteiger partial charge in [0.25, 0.3) is 5.91 Å². The summed E-state index contributed by atoms with van der Waals surface area (Å²) >= 11 is 0. The average Bonchev–Trinajstić information content (AvgIpc) is 2.39. The number of benzene rings is 1. The maximum absolute atomic E-state index is 12.2. The first-order chi connectivity index (χ1) is 8.95. The Morgan fingerprint density at radius 3 is 2.68 bits per heavy atom. The molecule has 1 aromatic rings. The van der Waals surface area contributed by atoms with Gasteiger partial charge in [-0.05, 0) is 44.4 Å². The van der Waals surface area contributed by atoms with Crippen molar-refractivity contribution in [3.63, 3.8) is 0 Å². The Morgan fingerprint density at radius 2 is 2.16 bits per heavy atom. The number of ether oxygens (including phenoxy) is 1. The standard InChI is InChI=1S/C15H23NO3/c1-5-15(3,8-9-17)16-14(18)12-7-6-11(2)13(10-12)19-4/h6-7,10,17H,5,8-9H2,1-4H3,(H,16,18). The number of aliphatic hydroxyl groups is 1. The van der Waals surface area contributed by atoms with E-state index in [0.29, 0.717) is 17.7 Å². The molecule has 4 heteroatoms.